The van der Waals surface area contributed by atoms with E-state index in [9.17, 15) is 0 Å². The Hall–Kier alpha value is -1.35. The van der Waals surface area contributed by atoms with E-state index in [-0.39, 0.29) is 0 Å². The predicted molar refractivity (Wildman–Crippen MR) is 70.2 cm³/mol. The second kappa shape index (κ2) is 3.84. The van der Waals surface area contributed by atoms with Crippen molar-refractivity contribution in [2.75, 3.05) is 13.6 Å². The molecule has 3 rings (SSSR count). The first-order chi connectivity index (χ1) is 8.18. The van der Waals surface area contributed by atoms with Crippen LogP contribution in [-0.2, 0) is 13.1 Å². The van der Waals surface area contributed by atoms with Crippen LogP contribution in [0, 0.1) is 0 Å². The average molecular weight is 229 g/mol. The van der Waals surface area contributed by atoms with E-state index in [1.165, 1.54) is 22.3 Å². The number of nitrogens with zero attached hydrogens (tertiary/aromatic N) is 3. The molecule has 0 aliphatic carbocycles. The summed E-state index contributed by atoms with van der Waals surface area (Å²) in [7, 11) is 2.19. The standard InChI is InChI=1S/C14H19N3/c1-10(2)13-11-5-4-6-15-14(11)17-8-7-16(3)9-12(13)17/h4-6,10H,7-9H2,1-3H3. The third-order valence-corrected chi connectivity index (χ3v) is 3.67. The van der Waals surface area contributed by atoms with Crippen LogP contribution in [0.4, 0.5) is 0 Å². The summed E-state index contributed by atoms with van der Waals surface area (Å²) in [4.78, 5) is 6.96. The Balaban J connectivity index is 2.32. The molecule has 1 aliphatic heterocycles. The van der Waals surface area contributed by atoms with Crippen molar-refractivity contribution < 1.29 is 0 Å². The van der Waals surface area contributed by atoms with Crippen LogP contribution in [0.15, 0.2) is 18.3 Å². The fourth-order valence-electron chi connectivity index (χ4n) is 2.91. The average Bonchev–Trinajstić information content (AvgIpc) is 2.62. The lowest BCUT2D eigenvalue weighted by molar-refractivity contribution is 0.270. The van der Waals surface area contributed by atoms with Crippen LogP contribution >= 0.6 is 0 Å². The highest BCUT2D eigenvalue weighted by Gasteiger charge is 2.23. The maximum absolute atomic E-state index is 4.57. The van der Waals surface area contributed by atoms with Crippen LogP contribution in [0.1, 0.15) is 31.0 Å². The lowest BCUT2D eigenvalue weighted by Crippen LogP contribution is -2.30. The molecule has 0 saturated carbocycles. The van der Waals surface area contributed by atoms with E-state index in [4.69, 9.17) is 0 Å². The maximum Gasteiger partial charge on any atom is 0.140 e. The summed E-state index contributed by atoms with van der Waals surface area (Å²) in [5.74, 6) is 0.560. The Morgan fingerprint density at radius 2 is 2.12 bits per heavy atom. The number of pyridine rings is 1. The molecular formula is C14H19N3. The van der Waals surface area contributed by atoms with Gasteiger partial charge in [0, 0.05) is 36.9 Å². The Labute approximate surface area is 102 Å². The molecular weight excluding hydrogens is 210 g/mol. The van der Waals surface area contributed by atoms with Gasteiger partial charge in [-0.3, -0.25) is 4.90 Å². The van der Waals surface area contributed by atoms with Crippen LogP contribution in [0.25, 0.3) is 11.0 Å². The SMILES string of the molecule is CC(C)c1c2n(c3ncccc13)CCN(C)C2. The molecule has 0 N–H and O–H groups in total. The van der Waals surface area contributed by atoms with Gasteiger partial charge < -0.3 is 4.57 Å². The molecule has 3 heterocycles. The van der Waals surface area contributed by atoms with Crippen molar-refractivity contribution in [1.82, 2.24) is 14.5 Å². The van der Waals surface area contributed by atoms with E-state index in [0.717, 1.165) is 19.6 Å². The second-order valence-electron chi connectivity index (χ2n) is 5.28. The predicted octanol–water partition coefficient (Wildman–Crippen LogP) is 2.61. The van der Waals surface area contributed by atoms with Gasteiger partial charge in [0.05, 0.1) is 0 Å². The third kappa shape index (κ3) is 1.57. The molecule has 17 heavy (non-hydrogen) atoms. The minimum Gasteiger partial charge on any atom is -0.327 e. The summed E-state index contributed by atoms with van der Waals surface area (Å²) in [6.45, 7) is 7.77. The van der Waals surface area contributed by atoms with Crippen LogP contribution < -0.4 is 0 Å². The molecule has 2 aromatic heterocycles. The van der Waals surface area contributed by atoms with Gasteiger partial charge in [-0.25, -0.2) is 4.98 Å². The van der Waals surface area contributed by atoms with E-state index >= 15 is 0 Å². The maximum atomic E-state index is 4.57. The molecule has 0 amide bonds. The zero-order valence-corrected chi connectivity index (χ0v) is 10.8. The molecule has 0 atom stereocenters. The molecule has 0 unspecified atom stereocenters. The first kappa shape index (κ1) is 10.8. The normalized spacial score (nSPS) is 16.7. The number of fused-ring (bicyclic) bond motifs is 3. The molecule has 90 valence electrons. The van der Waals surface area contributed by atoms with Crippen molar-refractivity contribution in [3.63, 3.8) is 0 Å². The van der Waals surface area contributed by atoms with E-state index in [1.807, 2.05) is 12.3 Å². The third-order valence-electron chi connectivity index (χ3n) is 3.67. The zero-order valence-electron chi connectivity index (χ0n) is 10.8. The van der Waals surface area contributed by atoms with E-state index in [1.54, 1.807) is 0 Å². The van der Waals surface area contributed by atoms with Crippen LogP contribution in [0.5, 0.6) is 0 Å². The minimum atomic E-state index is 0.560. The summed E-state index contributed by atoms with van der Waals surface area (Å²) >= 11 is 0. The van der Waals surface area contributed by atoms with Crippen molar-refractivity contribution in [3.05, 3.63) is 29.6 Å². The summed E-state index contributed by atoms with van der Waals surface area (Å²) in [5.41, 5.74) is 4.11. The largest absolute Gasteiger partial charge is 0.327 e. The monoisotopic (exact) mass is 229 g/mol. The van der Waals surface area contributed by atoms with Crippen molar-refractivity contribution in [1.29, 1.82) is 0 Å². The molecule has 0 saturated heterocycles. The van der Waals surface area contributed by atoms with Crippen molar-refractivity contribution >= 4 is 11.0 Å². The van der Waals surface area contributed by atoms with Crippen LogP contribution in [0.3, 0.4) is 0 Å². The zero-order chi connectivity index (χ0) is 12.0. The molecule has 0 aromatic carbocycles. The fraction of sp³-hybridized carbons (Fsp3) is 0.500. The van der Waals surface area contributed by atoms with Crippen molar-refractivity contribution in [2.24, 2.45) is 0 Å². The number of likely N-dealkylation sites (N-methyl/N-ethyl adjacent to an activating group) is 1. The molecule has 0 fully saturated rings. The lowest BCUT2D eigenvalue weighted by Gasteiger charge is -2.26. The van der Waals surface area contributed by atoms with Crippen molar-refractivity contribution in [3.8, 4) is 0 Å². The Morgan fingerprint density at radius 1 is 1.29 bits per heavy atom. The van der Waals surface area contributed by atoms with Crippen LogP contribution in [-0.4, -0.2) is 28.0 Å². The summed E-state index contributed by atoms with van der Waals surface area (Å²) < 4.78 is 2.41. The van der Waals surface area contributed by atoms with Gasteiger partial charge in [-0.2, -0.15) is 0 Å². The van der Waals surface area contributed by atoms with Gasteiger partial charge in [0.25, 0.3) is 0 Å². The summed E-state index contributed by atoms with van der Waals surface area (Å²) in [5, 5.41) is 1.34. The van der Waals surface area contributed by atoms with Gasteiger partial charge in [-0.05, 0) is 30.7 Å². The second-order valence-corrected chi connectivity index (χ2v) is 5.28. The molecule has 0 radical (unpaired) electrons. The molecule has 0 spiro atoms. The van der Waals surface area contributed by atoms with E-state index < -0.39 is 0 Å². The highest BCUT2D eigenvalue weighted by molar-refractivity contribution is 5.83. The first-order valence-electron chi connectivity index (χ1n) is 6.33. The highest BCUT2D eigenvalue weighted by atomic mass is 15.2. The quantitative estimate of drug-likeness (QED) is 0.749. The Morgan fingerprint density at radius 3 is 2.88 bits per heavy atom. The smallest absolute Gasteiger partial charge is 0.140 e. The van der Waals surface area contributed by atoms with Gasteiger partial charge >= 0.3 is 0 Å². The van der Waals surface area contributed by atoms with Gasteiger partial charge in [0.2, 0.25) is 0 Å². The Kier molecular flexibility index (Phi) is 2.44. The number of hydrogen-bond acceptors (Lipinski definition) is 2. The first-order valence-corrected chi connectivity index (χ1v) is 6.33. The number of hydrogen-bond donors (Lipinski definition) is 0. The molecule has 3 nitrogen and oxygen atoms in total. The van der Waals surface area contributed by atoms with Gasteiger partial charge in [-0.15, -0.1) is 0 Å². The number of rotatable bonds is 1. The topological polar surface area (TPSA) is 21.1 Å². The molecule has 2 aromatic rings. The molecule has 1 aliphatic rings. The van der Waals surface area contributed by atoms with Gasteiger partial charge in [0.1, 0.15) is 5.65 Å². The highest BCUT2D eigenvalue weighted by Crippen LogP contribution is 2.33. The van der Waals surface area contributed by atoms with Gasteiger partial charge in [-0.1, -0.05) is 13.8 Å². The fourth-order valence-corrected chi connectivity index (χ4v) is 2.91. The molecule has 3 heteroatoms. The molecule has 0 bridgehead atoms. The van der Waals surface area contributed by atoms with Gasteiger partial charge in [0.15, 0.2) is 0 Å². The van der Waals surface area contributed by atoms with E-state index in [2.05, 4.69) is 41.4 Å². The minimum absolute atomic E-state index is 0.560. The van der Waals surface area contributed by atoms with Crippen molar-refractivity contribution in [2.45, 2.75) is 32.9 Å². The summed E-state index contributed by atoms with van der Waals surface area (Å²) in [6, 6.07) is 4.26. The van der Waals surface area contributed by atoms with Crippen LogP contribution in [0.2, 0.25) is 0 Å². The lowest BCUT2D eigenvalue weighted by atomic mass is 9.99. The summed E-state index contributed by atoms with van der Waals surface area (Å²) in [6.07, 6.45) is 1.90. The van der Waals surface area contributed by atoms with E-state index in [0.29, 0.717) is 5.92 Å². The number of aromatic nitrogens is 2. The Bertz CT molecular complexity index is 554.